The van der Waals surface area contributed by atoms with Gasteiger partial charge in [-0.25, -0.2) is 14.5 Å². The Hall–Kier alpha value is -2.38. The monoisotopic (exact) mass is 285 g/mol. The molecule has 0 atom stereocenters. The van der Waals surface area contributed by atoms with Crippen molar-refractivity contribution in [1.82, 2.24) is 14.8 Å². The summed E-state index contributed by atoms with van der Waals surface area (Å²) in [6.45, 7) is 1.90. The quantitative estimate of drug-likeness (QED) is 0.813. The van der Waals surface area contributed by atoms with Gasteiger partial charge in [-0.05, 0) is 25.1 Å². The molecule has 2 aromatic rings. The highest BCUT2D eigenvalue weighted by molar-refractivity contribution is 5.89. The number of hydrogen-bond acceptors (Lipinski definition) is 4. The molecule has 0 aliphatic heterocycles. The number of alkyl halides is 3. The molecule has 5 nitrogen and oxygen atoms in total. The lowest BCUT2D eigenvalue weighted by molar-refractivity contribution is -0.141. The summed E-state index contributed by atoms with van der Waals surface area (Å²) in [5.74, 6) is -0.364. The molecule has 0 fully saturated rings. The van der Waals surface area contributed by atoms with E-state index >= 15 is 0 Å². The summed E-state index contributed by atoms with van der Waals surface area (Å²) in [6, 6.07) is 3.65. The summed E-state index contributed by atoms with van der Waals surface area (Å²) in [6.07, 6.45) is -2.13. The zero-order valence-electron chi connectivity index (χ0n) is 10.4. The molecule has 106 valence electrons. The minimum absolute atomic E-state index is 0.175. The number of esters is 1. The molecule has 2 rings (SSSR count). The molecule has 0 amide bonds. The first-order valence-electron chi connectivity index (χ1n) is 5.68. The number of nitrogens with zero attached hydrogens (tertiary/aromatic N) is 3. The number of ether oxygens (including phenoxy) is 1. The van der Waals surface area contributed by atoms with Crippen molar-refractivity contribution in [2.24, 2.45) is 0 Å². The van der Waals surface area contributed by atoms with Crippen molar-refractivity contribution in [3.05, 3.63) is 41.9 Å². The van der Waals surface area contributed by atoms with Crippen molar-refractivity contribution in [2.45, 2.75) is 13.1 Å². The molecule has 0 radical (unpaired) electrons. The molecule has 0 aliphatic carbocycles. The van der Waals surface area contributed by atoms with Gasteiger partial charge >= 0.3 is 12.1 Å². The molecule has 0 aromatic carbocycles. The van der Waals surface area contributed by atoms with E-state index in [1.54, 1.807) is 6.92 Å². The van der Waals surface area contributed by atoms with E-state index in [9.17, 15) is 18.0 Å². The maximum atomic E-state index is 12.4. The fourth-order valence-corrected chi connectivity index (χ4v) is 1.46. The lowest BCUT2D eigenvalue weighted by atomic mass is 10.3. The first-order chi connectivity index (χ1) is 9.41. The number of halogens is 3. The van der Waals surface area contributed by atoms with Gasteiger partial charge in [-0.15, -0.1) is 0 Å². The summed E-state index contributed by atoms with van der Waals surface area (Å²) in [5, 5.41) is 3.38. The van der Waals surface area contributed by atoms with Crippen LogP contribution in [0.2, 0.25) is 0 Å². The molecular formula is C12H10F3N3O2. The van der Waals surface area contributed by atoms with E-state index in [-0.39, 0.29) is 18.0 Å². The Balaban J connectivity index is 2.22. The zero-order chi connectivity index (χ0) is 14.8. The van der Waals surface area contributed by atoms with E-state index in [1.165, 1.54) is 18.3 Å². The number of carbonyl (C=O) groups is 1. The number of aromatic nitrogens is 3. The lowest BCUT2D eigenvalue weighted by Crippen LogP contribution is -2.09. The van der Waals surface area contributed by atoms with Gasteiger partial charge in [0.25, 0.3) is 0 Å². The van der Waals surface area contributed by atoms with E-state index in [1.807, 2.05) is 0 Å². The molecule has 2 heterocycles. The molecule has 0 aliphatic rings. The summed E-state index contributed by atoms with van der Waals surface area (Å²) >= 11 is 0. The third-order valence-corrected chi connectivity index (χ3v) is 2.37. The van der Waals surface area contributed by atoms with Crippen molar-refractivity contribution in [2.75, 3.05) is 6.61 Å². The predicted octanol–water partition coefficient (Wildman–Crippen LogP) is 2.46. The molecule has 0 unspecified atom stereocenters. The second kappa shape index (κ2) is 5.32. The Kier molecular flexibility index (Phi) is 3.73. The Labute approximate surface area is 112 Å². The van der Waals surface area contributed by atoms with E-state index in [4.69, 9.17) is 4.74 Å². The molecule has 0 N–H and O–H groups in total. The van der Waals surface area contributed by atoms with Crippen LogP contribution in [0.5, 0.6) is 0 Å². The minimum atomic E-state index is -4.50. The number of hydrogen-bond donors (Lipinski definition) is 0. The van der Waals surface area contributed by atoms with Gasteiger partial charge in [0, 0.05) is 12.4 Å². The van der Waals surface area contributed by atoms with Gasteiger partial charge in [0.2, 0.25) is 0 Å². The standard InChI is InChI=1S/C12H10F3N3O2/c1-2-20-11(19)8-3-4-10(16-7-8)18-6-5-9(17-18)12(13,14)15/h3-7H,2H2,1H3. The zero-order valence-corrected chi connectivity index (χ0v) is 10.4. The van der Waals surface area contributed by atoms with Crippen molar-refractivity contribution in [3.8, 4) is 5.82 Å². The average molecular weight is 285 g/mol. The molecule has 8 heteroatoms. The first-order valence-corrected chi connectivity index (χ1v) is 5.68. The summed E-state index contributed by atoms with van der Waals surface area (Å²) in [4.78, 5) is 15.3. The van der Waals surface area contributed by atoms with Gasteiger partial charge < -0.3 is 4.74 Å². The first kappa shape index (κ1) is 14.0. The van der Waals surface area contributed by atoms with Gasteiger partial charge in [0.1, 0.15) is 0 Å². The predicted molar refractivity (Wildman–Crippen MR) is 62.3 cm³/mol. The maximum Gasteiger partial charge on any atom is 0.435 e. The fraction of sp³-hybridized carbons (Fsp3) is 0.250. The topological polar surface area (TPSA) is 57.0 Å². The molecule has 0 saturated heterocycles. The van der Waals surface area contributed by atoms with E-state index in [0.29, 0.717) is 0 Å². The van der Waals surface area contributed by atoms with E-state index < -0.39 is 17.8 Å². The maximum absolute atomic E-state index is 12.4. The third-order valence-electron chi connectivity index (χ3n) is 2.37. The van der Waals surface area contributed by atoms with Gasteiger partial charge in [-0.2, -0.15) is 18.3 Å². The van der Waals surface area contributed by atoms with Crippen molar-refractivity contribution >= 4 is 5.97 Å². The highest BCUT2D eigenvalue weighted by atomic mass is 19.4. The Bertz CT molecular complexity index is 605. The van der Waals surface area contributed by atoms with E-state index in [0.717, 1.165) is 16.9 Å². The van der Waals surface area contributed by atoms with Crippen LogP contribution in [0.1, 0.15) is 23.0 Å². The molecule has 0 bridgehead atoms. The molecule has 20 heavy (non-hydrogen) atoms. The Morgan fingerprint density at radius 1 is 1.35 bits per heavy atom. The Morgan fingerprint density at radius 2 is 2.10 bits per heavy atom. The van der Waals surface area contributed by atoms with Crippen molar-refractivity contribution < 1.29 is 22.7 Å². The SMILES string of the molecule is CCOC(=O)c1ccc(-n2ccc(C(F)(F)F)n2)nc1. The molecule has 0 saturated carbocycles. The van der Waals surface area contributed by atoms with Crippen LogP contribution >= 0.6 is 0 Å². The van der Waals surface area contributed by atoms with Crippen LogP contribution in [-0.4, -0.2) is 27.3 Å². The van der Waals surface area contributed by atoms with Crippen molar-refractivity contribution in [1.29, 1.82) is 0 Å². The number of pyridine rings is 1. The van der Waals surface area contributed by atoms with Crippen LogP contribution in [0, 0.1) is 0 Å². The highest BCUT2D eigenvalue weighted by Crippen LogP contribution is 2.27. The van der Waals surface area contributed by atoms with Crippen LogP contribution in [0.15, 0.2) is 30.6 Å². The minimum Gasteiger partial charge on any atom is -0.462 e. The smallest absolute Gasteiger partial charge is 0.435 e. The van der Waals surface area contributed by atoms with E-state index in [2.05, 4.69) is 10.1 Å². The van der Waals surface area contributed by atoms with Crippen LogP contribution in [0.3, 0.4) is 0 Å². The average Bonchev–Trinajstić information content (AvgIpc) is 2.89. The van der Waals surface area contributed by atoms with Gasteiger partial charge in [-0.3, -0.25) is 0 Å². The molecule has 2 aromatic heterocycles. The van der Waals surface area contributed by atoms with Crippen LogP contribution < -0.4 is 0 Å². The van der Waals surface area contributed by atoms with Crippen molar-refractivity contribution in [3.63, 3.8) is 0 Å². The van der Waals surface area contributed by atoms with Gasteiger partial charge in [-0.1, -0.05) is 0 Å². The normalized spacial score (nSPS) is 11.4. The molecular weight excluding hydrogens is 275 g/mol. The highest BCUT2D eigenvalue weighted by Gasteiger charge is 2.33. The van der Waals surface area contributed by atoms with Crippen LogP contribution in [0.4, 0.5) is 13.2 Å². The summed E-state index contributed by atoms with van der Waals surface area (Å²) < 4.78 is 43.0. The fourth-order valence-electron chi connectivity index (χ4n) is 1.46. The second-order valence-corrected chi connectivity index (χ2v) is 3.77. The Morgan fingerprint density at radius 3 is 2.60 bits per heavy atom. The second-order valence-electron chi connectivity index (χ2n) is 3.77. The van der Waals surface area contributed by atoms with Gasteiger partial charge in [0.05, 0.1) is 12.2 Å². The summed E-state index contributed by atoms with van der Waals surface area (Å²) in [5.41, 5.74) is -0.785. The number of carbonyl (C=O) groups excluding carboxylic acids is 1. The summed E-state index contributed by atoms with van der Waals surface area (Å²) in [7, 11) is 0. The largest absolute Gasteiger partial charge is 0.462 e. The van der Waals surface area contributed by atoms with Crippen LogP contribution in [0.25, 0.3) is 5.82 Å². The molecule has 0 spiro atoms. The lowest BCUT2D eigenvalue weighted by Gasteiger charge is -2.04. The van der Waals surface area contributed by atoms with Crippen LogP contribution in [-0.2, 0) is 10.9 Å². The van der Waals surface area contributed by atoms with Gasteiger partial charge in [0.15, 0.2) is 11.5 Å². The third kappa shape index (κ3) is 2.95. The number of rotatable bonds is 3.